The number of halogens is 3. The van der Waals surface area contributed by atoms with Gasteiger partial charge in [0.1, 0.15) is 10.6 Å². The van der Waals surface area contributed by atoms with Crippen molar-refractivity contribution in [3.8, 4) is 11.3 Å². The topological polar surface area (TPSA) is 94.9 Å². The van der Waals surface area contributed by atoms with Crippen LogP contribution < -0.4 is 5.32 Å². The van der Waals surface area contributed by atoms with Crippen LogP contribution >= 0.6 is 34.8 Å². The lowest BCUT2D eigenvalue weighted by atomic mass is 10.2. The number of carbonyl (C=O) groups excluding carboxylic acids is 1. The molecule has 1 aromatic carbocycles. The average molecular weight is 530 g/mol. The van der Waals surface area contributed by atoms with Crippen LogP contribution in [0.3, 0.4) is 0 Å². The number of anilines is 1. The number of nitrogens with zero attached hydrogens (tertiary/aromatic N) is 7. The van der Waals surface area contributed by atoms with Crippen molar-refractivity contribution in [2.45, 2.75) is 26.9 Å². The van der Waals surface area contributed by atoms with Crippen LogP contribution in [-0.4, -0.2) is 40.1 Å². The van der Waals surface area contributed by atoms with Gasteiger partial charge in [-0.05, 0) is 37.6 Å². The highest BCUT2D eigenvalue weighted by Gasteiger charge is 2.20. The Hall–Kier alpha value is -3.40. The summed E-state index contributed by atoms with van der Waals surface area (Å²) in [5.74, 6) is -0.195. The van der Waals surface area contributed by atoms with Crippen molar-refractivity contribution >= 4 is 52.2 Å². The van der Waals surface area contributed by atoms with Gasteiger partial charge in [0, 0.05) is 30.7 Å². The summed E-state index contributed by atoms with van der Waals surface area (Å²) in [5.41, 5.74) is 4.16. The summed E-state index contributed by atoms with van der Waals surface area (Å²) in [6.45, 7) is 5.10. The van der Waals surface area contributed by atoms with E-state index in [9.17, 15) is 4.79 Å². The van der Waals surface area contributed by atoms with Crippen molar-refractivity contribution in [1.82, 2.24) is 34.2 Å². The molecule has 35 heavy (non-hydrogen) atoms. The van der Waals surface area contributed by atoms with E-state index in [0.717, 1.165) is 29.1 Å². The number of benzene rings is 1. The maximum absolute atomic E-state index is 13.1. The molecule has 9 nitrogen and oxygen atoms in total. The Morgan fingerprint density at radius 1 is 1.03 bits per heavy atom. The van der Waals surface area contributed by atoms with E-state index in [-0.39, 0.29) is 5.82 Å². The Bertz CT molecular complexity index is 1570. The summed E-state index contributed by atoms with van der Waals surface area (Å²) < 4.78 is 5.09. The third kappa shape index (κ3) is 4.50. The molecule has 0 spiro atoms. The fourth-order valence-electron chi connectivity index (χ4n) is 3.75. The van der Waals surface area contributed by atoms with Crippen LogP contribution in [-0.2, 0) is 13.1 Å². The second kappa shape index (κ2) is 9.33. The second-order valence-corrected chi connectivity index (χ2v) is 9.06. The van der Waals surface area contributed by atoms with Crippen molar-refractivity contribution in [1.29, 1.82) is 0 Å². The monoisotopic (exact) mass is 528 g/mol. The highest BCUT2D eigenvalue weighted by Crippen LogP contribution is 2.26. The molecule has 4 aromatic heterocycles. The Labute approximate surface area is 215 Å². The molecule has 1 N–H and O–H groups in total. The van der Waals surface area contributed by atoms with Gasteiger partial charge in [0.15, 0.2) is 11.5 Å². The van der Waals surface area contributed by atoms with Gasteiger partial charge in [-0.25, -0.2) is 9.50 Å². The smallest absolute Gasteiger partial charge is 0.262 e. The standard InChI is InChI=1S/C23H19Cl3N8O/c1-3-32-11-16(13(2)30-32)20-6-7-27-22-15(9-28-34(20)22)23(35)29-21-19(26)12-33(31-21)10-14-4-5-17(24)18(25)8-14/h4-9,11-12H,3,10H2,1-2H3,(H,29,31,35). The van der Waals surface area contributed by atoms with E-state index in [1.165, 1.54) is 6.20 Å². The molecule has 4 heterocycles. The highest BCUT2D eigenvalue weighted by atomic mass is 35.5. The summed E-state index contributed by atoms with van der Waals surface area (Å²) in [6.07, 6.45) is 6.69. The van der Waals surface area contributed by atoms with Gasteiger partial charge in [-0.15, -0.1) is 0 Å². The molecule has 0 aliphatic heterocycles. The van der Waals surface area contributed by atoms with Crippen molar-refractivity contribution in [2.24, 2.45) is 0 Å². The largest absolute Gasteiger partial charge is 0.304 e. The molecule has 0 saturated carbocycles. The number of rotatable bonds is 6. The number of aromatic nitrogens is 7. The van der Waals surface area contributed by atoms with Crippen LogP contribution in [0.5, 0.6) is 0 Å². The first kappa shape index (κ1) is 23.3. The Balaban J connectivity index is 1.40. The van der Waals surface area contributed by atoms with Gasteiger partial charge < -0.3 is 5.32 Å². The van der Waals surface area contributed by atoms with E-state index in [1.807, 2.05) is 36.9 Å². The van der Waals surface area contributed by atoms with Crippen LogP contribution in [0, 0.1) is 6.92 Å². The SMILES string of the molecule is CCn1cc(-c2ccnc3c(C(=O)Nc4nn(Cc5ccc(Cl)c(Cl)c5)cc4Cl)cnn23)c(C)n1. The Morgan fingerprint density at radius 3 is 2.60 bits per heavy atom. The zero-order chi connectivity index (χ0) is 24.7. The summed E-state index contributed by atoms with van der Waals surface area (Å²) in [7, 11) is 0. The minimum atomic E-state index is -0.424. The molecular weight excluding hydrogens is 511 g/mol. The van der Waals surface area contributed by atoms with Gasteiger partial charge in [-0.1, -0.05) is 40.9 Å². The predicted molar refractivity (Wildman–Crippen MR) is 135 cm³/mol. The van der Waals surface area contributed by atoms with Gasteiger partial charge in [0.05, 0.1) is 34.2 Å². The summed E-state index contributed by atoms with van der Waals surface area (Å²) in [4.78, 5) is 17.5. The molecule has 5 rings (SSSR count). The van der Waals surface area contributed by atoms with E-state index in [1.54, 1.807) is 33.7 Å². The average Bonchev–Trinajstić information content (AvgIpc) is 3.53. The molecule has 0 atom stereocenters. The molecule has 0 bridgehead atoms. The maximum Gasteiger partial charge on any atom is 0.262 e. The highest BCUT2D eigenvalue weighted by molar-refractivity contribution is 6.42. The molecule has 0 radical (unpaired) electrons. The molecule has 0 unspecified atom stereocenters. The molecule has 0 aliphatic carbocycles. The van der Waals surface area contributed by atoms with Crippen LogP contribution in [0.2, 0.25) is 15.1 Å². The van der Waals surface area contributed by atoms with E-state index >= 15 is 0 Å². The fraction of sp³-hybridized carbons (Fsp3) is 0.174. The number of amides is 1. The molecule has 178 valence electrons. The maximum atomic E-state index is 13.1. The van der Waals surface area contributed by atoms with Crippen LogP contribution in [0.4, 0.5) is 5.82 Å². The number of fused-ring (bicyclic) bond motifs is 1. The Morgan fingerprint density at radius 2 is 1.86 bits per heavy atom. The van der Waals surface area contributed by atoms with Gasteiger partial charge >= 0.3 is 0 Å². The van der Waals surface area contributed by atoms with Crippen molar-refractivity contribution in [2.75, 3.05) is 5.32 Å². The molecular formula is C23H19Cl3N8O. The molecule has 12 heteroatoms. The lowest BCUT2D eigenvalue weighted by molar-refractivity contribution is 0.102. The van der Waals surface area contributed by atoms with E-state index in [2.05, 4.69) is 25.6 Å². The van der Waals surface area contributed by atoms with E-state index in [4.69, 9.17) is 34.8 Å². The van der Waals surface area contributed by atoms with Crippen LogP contribution in [0.1, 0.15) is 28.5 Å². The van der Waals surface area contributed by atoms with Crippen LogP contribution in [0.25, 0.3) is 16.9 Å². The zero-order valence-electron chi connectivity index (χ0n) is 18.7. The van der Waals surface area contributed by atoms with Gasteiger partial charge in [0.25, 0.3) is 5.91 Å². The molecule has 0 aliphatic rings. The summed E-state index contributed by atoms with van der Waals surface area (Å²) >= 11 is 18.4. The first-order chi connectivity index (χ1) is 16.8. The first-order valence-electron chi connectivity index (χ1n) is 10.7. The normalized spacial score (nSPS) is 11.3. The number of hydrogen-bond acceptors (Lipinski definition) is 5. The predicted octanol–water partition coefficient (Wildman–Crippen LogP) is 5.38. The van der Waals surface area contributed by atoms with E-state index in [0.29, 0.717) is 32.8 Å². The quantitative estimate of drug-likeness (QED) is 0.319. The Kier molecular flexibility index (Phi) is 6.22. The number of carbonyl (C=O) groups is 1. The van der Waals surface area contributed by atoms with Crippen molar-refractivity contribution in [3.63, 3.8) is 0 Å². The lowest BCUT2D eigenvalue weighted by Gasteiger charge is -2.05. The minimum Gasteiger partial charge on any atom is -0.304 e. The third-order valence-electron chi connectivity index (χ3n) is 5.47. The summed E-state index contributed by atoms with van der Waals surface area (Å²) in [5, 5.41) is 17.3. The van der Waals surface area contributed by atoms with Crippen molar-refractivity contribution in [3.05, 3.63) is 80.9 Å². The second-order valence-electron chi connectivity index (χ2n) is 7.83. The minimum absolute atomic E-state index is 0.229. The molecule has 5 aromatic rings. The van der Waals surface area contributed by atoms with Gasteiger partial charge in [-0.2, -0.15) is 15.3 Å². The number of aryl methyl sites for hydroxylation is 2. The number of nitrogens with one attached hydrogen (secondary N) is 1. The van der Waals surface area contributed by atoms with E-state index < -0.39 is 5.91 Å². The lowest BCUT2D eigenvalue weighted by Crippen LogP contribution is -2.13. The summed E-state index contributed by atoms with van der Waals surface area (Å²) in [6, 6.07) is 7.16. The van der Waals surface area contributed by atoms with Crippen LogP contribution in [0.15, 0.2) is 49.1 Å². The molecule has 0 fully saturated rings. The zero-order valence-corrected chi connectivity index (χ0v) is 21.0. The fourth-order valence-corrected chi connectivity index (χ4v) is 4.27. The number of hydrogen-bond donors (Lipinski definition) is 1. The first-order valence-corrected chi connectivity index (χ1v) is 11.8. The van der Waals surface area contributed by atoms with Crippen molar-refractivity contribution < 1.29 is 4.79 Å². The molecule has 0 saturated heterocycles. The molecule has 1 amide bonds. The third-order valence-corrected chi connectivity index (χ3v) is 6.49. The van der Waals surface area contributed by atoms with Gasteiger partial charge in [-0.3, -0.25) is 14.2 Å². The van der Waals surface area contributed by atoms with Gasteiger partial charge in [0.2, 0.25) is 0 Å².